The number of ether oxygens (including phenoxy) is 1. The Bertz CT molecular complexity index is 800. The first-order valence-corrected chi connectivity index (χ1v) is 8.73. The van der Waals surface area contributed by atoms with Gasteiger partial charge in [0.2, 0.25) is 0 Å². The molecule has 5 heteroatoms. The van der Waals surface area contributed by atoms with E-state index >= 15 is 0 Å². The third-order valence-electron chi connectivity index (χ3n) is 3.32. The number of halogens is 3. The van der Waals surface area contributed by atoms with E-state index in [2.05, 4.69) is 27.4 Å². The van der Waals surface area contributed by atoms with Crippen molar-refractivity contribution in [2.75, 3.05) is 7.11 Å². The van der Waals surface area contributed by atoms with Crippen molar-refractivity contribution >= 4 is 60.6 Å². The molecule has 0 spiro atoms. The predicted octanol–water partition coefficient (Wildman–Crippen LogP) is 6.65. The van der Waals surface area contributed by atoms with Gasteiger partial charge < -0.3 is 4.74 Å². The minimum Gasteiger partial charge on any atom is -0.496 e. The molecule has 1 unspecified atom stereocenters. The highest BCUT2D eigenvalue weighted by atomic mass is 79.9. The van der Waals surface area contributed by atoms with Crippen molar-refractivity contribution in [2.45, 2.75) is 5.38 Å². The number of hydrogen-bond acceptors (Lipinski definition) is 2. The highest BCUT2D eigenvalue weighted by Gasteiger charge is 2.20. The fraction of sp³-hybridized carbons (Fsp3) is 0.125. The highest BCUT2D eigenvalue weighted by molar-refractivity contribution is 9.10. The van der Waals surface area contributed by atoms with Crippen LogP contribution in [0.1, 0.15) is 16.5 Å². The van der Waals surface area contributed by atoms with E-state index in [1.165, 1.54) is 4.70 Å². The molecule has 0 saturated carbocycles. The summed E-state index contributed by atoms with van der Waals surface area (Å²) in [5.41, 5.74) is 2.00. The van der Waals surface area contributed by atoms with Crippen molar-refractivity contribution in [1.82, 2.24) is 0 Å². The monoisotopic (exact) mass is 400 g/mol. The van der Waals surface area contributed by atoms with Crippen molar-refractivity contribution < 1.29 is 4.74 Å². The molecule has 3 aromatic rings. The summed E-state index contributed by atoms with van der Waals surface area (Å²) in [6.45, 7) is 0. The van der Waals surface area contributed by atoms with Crippen molar-refractivity contribution in [3.05, 3.63) is 62.4 Å². The maximum atomic E-state index is 6.71. The van der Waals surface area contributed by atoms with Gasteiger partial charge in [-0.2, -0.15) is 0 Å². The summed E-state index contributed by atoms with van der Waals surface area (Å²) in [5, 5.41) is 3.62. The van der Waals surface area contributed by atoms with Crippen LogP contribution in [0.5, 0.6) is 5.75 Å². The third-order valence-corrected chi connectivity index (χ3v) is 6.00. The molecule has 21 heavy (non-hydrogen) atoms. The maximum absolute atomic E-state index is 6.71. The zero-order valence-electron chi connectivity index (χ0n) is 11.1. The van der Waals surface area contributed by atoms with Gasteiger partial charge in [-0.1, -0.05) is 29.8 Å². The summed E-state index contributed by atoms with van der Waals surface area (Å²) in [5.74, 6) is 0.705. The minimum atomic E-state index is -0.278. The van der Waals surface area contributed by atoms with Gasteiger partial charge in [0.25, 0.3) is 0 Å². The maximum Gasteiger partial charge on any atom is 0.125 e. The lowest BCUT2D eigenvalue weighted by Gasteiger charge is -2.14. The van der Waals surface area contributed by atoms with Crippen LogP contribution < -0.4 is 4.74 Å². The Balaban J connectivity index is 2.13. The molecule has 1 atom stereocenters. The van der Waals surface area contributed by atoms with Crippen LogP contribution in [0.25, 0.3) is 10.1 Å². The molecule has 1 aromatic heterocycles. The largest absolute Gasteiger partial charge is 0.496 e. The van der Waals surface area contributed by atoms with Crippen LogP contribution in [0, 0.1) is 0 Å². The molecule has 1 heterocycles. The van der Waals surface area contributed by atoms with Crippen LogP contribution >= 0.6 is 50.5 Å². The third kappa shape index (κ3) is 2.80. The van der Waals surface area contributed by atoms with Crippen LogP contribution in [0.3, 0.4) is 0 Å². The molecular formula is C16H11BrCl2OS. The molecule has 1 nitrogen and oxygen atoms in total. The van der Waals surface area contributed by atoms with E-state index in [1.54, 1.807) is 24.5 Å². The van der Waals surface area contributed by atoms with Gasteiger partial charge in [-0.05, 0) is 50.5 Å². The minimum absolute atomic E-state index is 0.278. The molecular weight excluding hydrogens is 391 g/mol. The molecule has 0 aliphatic carbocycles. The Morgan fingerprint density at radius 3 is 2.76 bits per heavy atom. The topological polar surface area (TPSA) is 9.23 Å². The summed E-state index contributed by atoms with van der Waals surface area (Å²) in [4.78, 5) is 0. The van der Waals surface area contributed by atoms with E-state index in [4.69, 9.17) is 27.9 Å². The lowest BCUT2D eigenvalue weighted by atomic mass is 10.0. The quantitative estimate of drug-likeness (QED) is 0.446. The Morgan fingerprint density at radius 2 is 2.00 bits per heavy atom. The SMILES string of the molecule is COc1cc(Cl)ccc1C(Cl)c1csc2c(Br)cccc12. The molecule has 0 aliphatic rings. The van der Waals surface area contributed by atoms with Gasteiger partial charge in [-0.3, -0.25) is 0 Å². The first-order chi connectivity index (χ1) is 10.1. The van der Waals surface area contributed by atoms with Crippen LogP contribution in [0.4, 0.5) is 0 Å². The summed E-state index contributed by atoms with van der Waals surface area (Å²) in [6, 6.07) is 11.7. The Labute approximate surface area is 145 Å². The standard InChI is InChI=1S/C16H11BrCl2OS/c1-20-14-7-9(18)5-6-11(14)15(19)12-8-21-16-10(12)3-2-4-13(16)17/h2-8,15H,1H3. The summed E-state index contributed by atoms with van der Waals surface area (Å²) in [7, 11) is 1.63. The van der Waals surface area contributed by atoms with Crippen molar-refractivity contribution in [3.63, 3.8) is 0 Å². The molecule has 0 radical (unpaired) electrons. The first-order valence-electron chi connectivity index (χ1n) is 6.25. The summed E-state index contributed by atoms with van der Waals surface area (Å²) >= 11 is 18.0. The molecule has 0 bridgehead atoms. The number of benzene rings is 2. The number of rotatable bonds is 3. The lowest BCUT2D eigenvalue weighted by molar-refractivity contribution is 0.410. The average Bonchev–Trinajstić information content (AvgIpc) is 2.92. The van der Waals surface area contributed by atoms with Gasteiger partial charge in [-0.15, -0.1) is 22.9 Å². The van der Waals surface area contributed by atoms with Gasteiger partial charge in [0.1, 0.15) is 5.75 Å². The van der Waals surface area contributed by atoms with Crippen molar-refractivity contribution in [3.8, 4) is 5.75 Å². The Morgan fingerprint density at radius 1 is 1.19 bits per heavy atom. The van der Waals surface area contributed by atoms with E-state index in [9.17, 15) is 0 Å². The second-order valence-electron chi connectivity index (χ2n) is 4.56. The van der Waals surface area contributed by atoms with Gasteiger partial charge >= 0.3 is 0 Å². The molecule has 0 N–H and O–H groups in total. The van der Waals surface area contributed by atoms with Crippen LogP contribution in [0.2, 0.25) is 5.02 Å². The van der Waals surface area contributed by atoms with Crippen molar-refractivity contribution in [2.24, 2.45) is 0 Å². The summed E-state index contributed by atoms with van der Waals surface area (Å²) in [6.07, 6.45) is 0. The fourth-order valence-electron chi connectivity index (χ4n) is 2.30. The van der Waals surface area contributed by atoms with Gasteiger partial charge in [0, 0.05) is 19.8 Å². The summed E-state index contributed by atoms with van der Waals surface area (Å²) < 4.78 is 7.69. The van der Waals surface area contributed by atoms with E-state index < -0.39 is 0 Å². The molecule has 3 rings (SSSR count). The molecule has 0 fully saturated rings. The Kier molecular flexibility index (Phi) is 4.46. The van der Waals surface area contributed by atoms with E-state index in [0.29, 0.717) is 10.8 Å². The number of fused-ring (bicyclic) bond motifs is 1. The molecule has 0 saturated heterocycles. The van der Waals surface area contributed by atoms with E-state index in [0.717, 1.165) is 21.0 Å². The van der Waals surface area contributed by atoms with Gasteiger partial charge in [0.05, 0.1) is 12.5 Å². The number of thiophene rings is 1. The average molecular weight is 402 g/mol. The smallest absolute Gasteiger partial charge is 0.125 e. The van der Waals surface area contributed by atoms with Crippen LogP contribution in [-0.4, -0.2) is 7.11 Å². The Hall–Kier alpha value is -0.740. The molecule has 0 aliphatic heterocycles. The second-order valence-corrected chi connectivity index (χ2v) is 7.16. The highest BCUT2D eigenvalue weighted by Crippen LogP contribution is 2.42. The van der Waals surface area contributed by atoms with E-state index in [1.807, 2.05) is 24.3 Å². The first kappa shape index (κ1) is 15.2. The lowest BCUT2D eigenvalue weighted by Crippen LogP contribution is -1.96. The number of hydrogen-bond donors (Lipinski definition) is 0. The molecule has 2 aromatic carbocycles. The molecule has 0 amide bonds. The normalized spacial score (nSPS) is 12.6. The predicted molar refractivity (Wildman–Crippen MR) is 95.2 cm³/mol. The van der Waals surface area contributed by atoms with E-state index in [-0.39, 0.29) is 5.38 Å². The second kappa shape index (κ2) is 6.17. The zero-order valence-corrected chi connectivity index (χ0v) is 15.0. The fourth-order valence-corrected chi connectivity index (χ4v) is 4.55. The number of alkyl halides is 1. The molecule has 108 valence electrons. The van der Waals surface area contributed by atoms with Gasteiger partial charge in [-0.25, -0.2) is 0 Å². The van der Waals surface area contributed by atoms with Gasteiger partial charge in [0.15, 0.2) is 0 Å². The van der Waals surface area contributed by atoms with Crippen LogP contribution in [0.15, 0.2) is 46.3 Å². The van der Waals surface area contributed by atoms with Crippen LogP contribution in [-0.2, 0) is 0 Å². The number of methoxy groups -OCH3 is 1. The zero-order chi connectivity index (χ0) is 15.0. The van der Waals surface area contributed by atoms with Crippen molar-refractivity contribution in [1.29, 1.82) is 0 Å².